The first-order valence-electron chi connectivity index (χ1n) is 7.71. The number of aryl methyl sites for hydroxylation is 1. The summed E-state index contributed by atoms with van der Waals surface area (Å²) in [6.45, 7) is 7.76. The molecule has 1 atom stereocenters. The van der Waals surface area contributed by atoms with E-state index in [4.69, 9.17) is 4.74 Å². The van der Waals surface area contributed by atoms with Gasteiger partial charge in [-0.05, 0) is 63.4 Å². The summed E-state index contributed by atoms with van der Waals surface area (Å²) >= 11 is 0. The first kappa shape index (κ1) is 15.8. The molecule has 1 aromatic carbocycles. The predicted molar refractivity (Wildman–Crippen MR) is 84.5 cm³/mol. The number of carbonyl (C=O) groups is 1. The Labute approximate surface area is 127 Å². The number of hydrogen-bond acceptors (Lipinski definition) is 3. The van der Waals surface area contributed by atoms with E-state index in [0.29, 0.717) is 0 Å². The number of benzene rings is 1. The molecular formula is C17H26N2O2. The van der Waals surface area contributed by atoms with E-state index in [2.05, 4.69) is 22.3 Å². The summed E-state index contributed by atoms with van der Waals surface area (Å²) in [4.78, 5) is 14.5. The van der Waals surface area contributed by atoms with Crippen molar-refractivity contribution in [3.05, 3.63) is 29.3 Å². The number of fused-ring (bicyclic) bond motifs is 1. The third-order valence-electron chi connectivity index (χ3n) is 4.04. The topological polar surface area (TPSA) is 41.6 Å². The molecule has 0 saturated carbocycles. The number of hydrogen-bond donors (Lipinski definition) is 1. The molecule has 1 amide bonds. The Morgan fingerprint density at radius 3 is 2.71 bits per heavy atom. The summed E-state index contributed by atoms with van der Waals surface area (Å²) < 4.78 is 5.30. The molecular weight excluding hydrogens is 264 g/mol. The van der Waals surface area contributed by atoms with Crippen molar-refractivity contribution in [2.24, 2.45) is 0 Å². The zero-order chi connectivity index (χ0) is 15.4. The second-order valence-electron chi connectivity index (χ2n) is 6.05. The second-order valence-corrected chi connectivity index (χ2v) is 6.05. The summed E-state index contributed by atoms with van der Waals surface area (Å²) in [5.74, 6) is 1.02. The molecule has 0 spiro atoms. The second kappa shape index (κ2) is 6.94. The highest BCUT2D eigenvalue weighted by molar-refractivity contribution is 5.81. The van der Waals surface area contributed by atoms with E-state index in [9.17, 15) is 4.79 Å². The summed E-state index contributed by atoms with van der Waals surface area (Å²) in [6, 6.07) is 6.34. The van der Waals surface area contributed by atoms with E-state index in [1.165, 1.54) is 11.1 Å². The minimum absolute atomic E-state index is 0.0968. The molecule has 4 heteroatoms. The van der Waals surface area contributed by atoms with Crippen LogP contribution in [0.3, 0.4) is 0 Å². The van der Waals surface area contributed by atoms with Crippen LogP contribution in [-0.2, 0) is 17.8 Å². The smallest absolute Gasteiger partial charge is 0.237 e. The first-order valence-corrected chi connectivity index (χ1v) is 7.71. The fourth-order valence-electron chi connectivity index (χ4n) is 2.79. The molecule has 0 aromatic heterocycles. The van der Waals surface area contributed by atoms with Gasteiger partial charge in [-0.1, -0.05) is 6.07 Å². The highest BCUT2D eigenvalue weighted by atomic mass is 16.5. The van der Waals surface area contributed by atoms with Gasteiger partial charge in [0, 0.05) is 12.6 Å². The van der Waals surface area contributed by atoms with Gasteiger partial charge in [-0.25, -0.2) is 0 Å². The van der Waals surface area contributed by atoms with Gasteiger partial charge < -0.3 is 10.1 Å². The zero-order valence-corrected chi connectivity index (χ0v) is 13.5. The standard InChI is InChI=1S/C17H26N2O2/c1-12(2)18-17(20)13(3)19-9-5-6-14-10-16(21-4)8-7-15(14)11-19/h7-8,10,12-13H,5-6,9,11H2,1-4H3,(H,18,20). The van der Waals surface area contributed by atoms with Crippen LogP contribution < -0.4 is 10.1 Å². The van der Waals surface area contributed by atoms with Crippen LogP contribution in [0.2, 0.25) is 0 Å². The molecule has 1 heterocycles. The molecule has 0 bridgehead atoms. The molecule has 0 saturated heterocycles. The van der Waals surface area contributed by atoms with E-state index in [-0.39, 0.29) is 18.0 Å². The number of nitrogens with one attached hydrogen (secondary N) is 1. The molecule has 1 N–H and O–H groups in total. The van der Waals surface area contributed by atoms with Crippen molar-refractivity contribution in [3.8, 4) is 5.75 Å². The molecule has 1 aliphatic rings. The molecule has 2 rings (SSSR count). The average molecular weight is 290 g/mol. The Morgan fingerprint density at radius 2 is 2.05 bits per heavy atom. The molecule has 1 unspecified atom stereocenters. The van der Waals surface area contributed by atoms with Gasteiger partial charge in [-0.3, -0.25) is 9.69 Å². The van der Waals surface area contributed by atoms with Crippen molar-refractivity contribution < 1.29 is 9.53 Å². The summed E-state index contributed by atoms with van der Waals surface area (Å²) in [5.41, 5.74) is 2.64. The number of ether oxygens (including phenoxy) is 1. The molecule has 4 nitrogen and oxygen atoms in total. The zero-order valence-electron chi connectivity index (χ0n) is 13.5. The number of methoxy groups -OCH3 is 1. The number of carbonyl (C=O) groups excluding carboxylic acids is 1. The van der Waals surface area contributed by atoms with Gasteiger partial charge >= 0.3 is 0 Å². The number of rotatable bonds is 4. The van der Waals surface area contributed by atoms with E-state index < -0.39 is 0 Å². The number of nitrogens with zero attached hydrogens (tertiary/aromatic N) is 1. The van der Waals surface area contributed by atoms with Gasteiger partial charge in [-0.2, -0.15) is 0 Å². The monoisotopic (exact) mass is 290 g/mol. The maximum atomic E-state index is 12.2. The van der Waals surface area contributed by atoms with Gasteiger partial charge in [0.15, 0.2) is 0 Å². The Morgan fingerprint density at radius 1 is 1.29 bits per heavy atom. The van der Waals surface area contributed by atoms with Gasteiger partial charge in [0.2, 0.25) is 5.91 Å². The van der Waals surface area contributed by atoms with Crippen LogP contribution in [0.25, 0.3) is 0 Å². The van der Waals surface area contributed by atoms with Crippen LogP contribution in [0.15, 0.2) is 18.2 Å². The predicted octanol–water partition coefficient (Wildman–Crippen LogP) is 2.36. The lowest BCUT2D eigenvalue weighted by Gasteiger charge is -2.27. The Hall–Kier alpha value is -1.55. The highest BCUT2D eigenvalue weighted by Crippen LogP contribution is 2.24. The van der Waals surface area contributed by atoms with Crippen LogP contribution in [0.1, 0.15) is 38.3 Å². The quantitative estimate of drug-likeness (QED) is 0.925. The lowest BCUT2D eigenvalue weighted by molar-refractivity contribution is -0.126. The Kier molecular flexibility index (Phi) is 5.23. The van der Waals surface area contributed by atoms with Crippen LogP contribution in [0, 0.1) is 0 Å². The highest BCUT2D eigenvalue weighted by Gasteiger charge is 2.24. The van der Waals surface area contributed by atoms with Gasteiger partial charge in [0.25, 0.3) is 0 Å². The van der Waals surface area contributed by atoms with Gasteiger partial charge in [-0.15, -0.1) is 0 Å². The van der Waals surface area contributed by atoms with E-state index in [0.717, 1.165) is 31.7 Å². The molecule has 1 aromatic rings. The minimum Gasteiger partial charge on any atom is -0.497 e. The third-order valence-corrected chi connectivity index (χ3v) is 4.04. The maximum Gasteiger partial charge on any atom is 0.237 e. The van der Waals surface area contributed by atoms with E-state index >= 15 is 0 Å². The van der Waals surface area contributed by atoms with E-state index in [1.807, 2.05) is 26.8 Å². The van der Waals surface area contributed by atoms with Crippen molar-refractivity contribution in [3.63, 3.8) is 0 Å². The summed E-state index contributed by atoms with van der Waals surface area (Å²) in [7, 11) is 1.70. The Balaban J connectivity index is 2.11. The molecule has 116 valence electrons. The van der Waals surface area contributed by atoms with Crippen LogP contribution in [-0.4, -0.2) is 36.5 Å². The summed E-state index contributed by atoms with van der Waals surface area (Å²) in [5, 5.41) is 3.00. The van der Waals surface area contributed by atoms with Crippen LogP contribution >= 0.6 is 0 Å². The van der Waals surface area contributed by atoms with Gasteiger partial charge in [0.05, 0.1) is 13.2 Å². The van der Waals surface area contributed by atoms with Crippen LogP contribution in [0.5, 0.6) is 5.75 Å². The lowest BCUT2D eigenvalue weighted by Crippen LogP contribution is -2.46. The Bertz CT molecular complexity index is 500. The lowest BCUT2D eigenvalue weighted by atomic mass is 10.0. The number of amides is 1. The fraction of sp³-hybridized carbons (Fsp3) is 0.588. The first-order chi connectivity index (χ1) is 10.0. The van der Waals surface area contributed by atoms with Gasteiger partial charge in [0.1, 0.15) is 5.75 Å². The van der Waals surface area contributed by atoms with Crippen molar-refractivity contribution in [2.45, 2.75) is 52.2 Å². The van der Waals surface area contributed by atoms with Crippen molar-refractivity contribution in [1.82, 2.24) is 10.2 Å². The normalized spacial score (nSPS) is 17.0. The van der Waals surface area contributed by atoms with Crippen molar-refractivity contribution in [2.75, 3.05) is 13.7 Å². The molecule has 0 radical (unpaired) electrons. The third kappa shape index (κ3) is 3.97. The fourth-order valence-corrected chi connectivity index (χ4v) is 2.79. The SMILES string of the molecule is COc1ccc2c(c1)CCCN(C(C)C(=O)NC(C)C)C2. The largest absolute Gasteiger partial charge is 0.497 e. The summed E-state index contributed by atoms with van der Waals surface area (Å²) in [6.07, 6.45) is 2.11. The average Bonchev–Trinajstić information content (AvgIpc) is 2.66. The van der Waals surface area contributed by atoms with E-state index in [1.54, 1.807) is 7.11 Å². The minimum atomic E-state index is -0.0968. The van der Waals surface area contributed by atoms with Crippen molar-refractivity contribution in [1.29, 1.82) is 0 Å². The molecule has 0 fully saturated rings. The molecule has 21 heavy (non-hydrogen) atoms. The molecule has 0 aliphatic carbocycles. The van der Waals surface area contributed by atoms with Crippen molar-refractivity contribution >= 4 is 5.91 Å². The molecule has 1 aliphatic heterocycles. The maximum absolute atomic E-state index is 12.2. The van der Waals surface area contributed by atoms with Crippen LogP contribution in [0.4, 0.5) is 0 Å².